The quantitative estimate of drug-likeness (QED) is 0.689. The predicted octanol–water partition coefficient (Wildman–Crippen LogP) is 3.05. The van der Waals surface area contributed by atoms with E-state index in [1.165, 1.54) is 12.1 Å². The number of carbonyl (C=O) groups excluding carboxylic acids is 1. The molecule has 4 rings (SSSR count). The standard InChI is InChI=1S/C23H27ClN2O5S/c1-30-19-6-2-16(3-7-19)21-14-18(15-22(21)23(27)26-10-12-31-13-11-26)25-32(28,29)20-8-4-17(24)5-9-20/h2-9,18,21-22,25H,10-15H2,1H3/t18-,21+,22-/m0/s1. The van der Waals surface area contributed by atoms with E-state index in [4.69, 9.17) is 21.1 Å². The molecule has 1 aliphatic carbocycles. The molecule has 1 N–H and O–H groups in total. The SMILES string of the molecule is COc1ccc([C@H]2C[C@H](NS(=O)(=O)c3ccc(Cl)cc3)C[C@@H]2C(=O)N2CCOCC2)cc1. The summed E-state index contributed by atoms with van der Waals surface area (Å²) in [5, 5.41) is 0.473. The van der Waals surface area contributed by atoms with Gasteiger partial charge in [0.25, 0.3) is 0 Å². The number of hydrogen-bond donors (Lipinski definition) is 1. The molecule has 1 amide bonds. The molecule has 0 radical (unpaired) electrons. The van der Waals surface area contributed by atoms with E-state index in [0.29, 0.717) is 44.2 Å². The van der Waals surface area contributed by atoms with Crippen molar-refractivity contribution < 1.29 is 22.7 Å². The summed E-state index contributed by atoms with van der Waals surface area (Å²) < 4.78 is 39.3. The van der Waals surface area contributed by atoms with Gasteiger partial charge in [-0.05, 0) is 60.7 Å². The average molecular weight is 479 g/mol. The molecule has 2 aromatic carbocycles. The topological polar surface area (TPSA) is 84.9 Å². The van der Waals surface area contributed by atoms with Crippen molar-refractivity contribution in [3.63, 3.8) is 0 Å². The Balaban J connectivity index is 1.56. The number of carbonyl (C=O) groups is 1. The molecule has 172 valence electrons. The van der Waals surface area contributed by atoms with Crippen molar-refractivity contribution in [1.82, 2.24) is 9.62 Å². The second-order valence-corrected chi connectivity index (χ2v) is 10.3. The molecule has 7 nitrogen and oxygen atoms in total. The third kappa shape index (κ3) is 5.09. The second-order valence-electron chi connectivity index (χ2n) is 8.17. The molecule has 3 atom stereocenters. The first-order chi connectivity index (χ1) is 15.4. The van der Waals surface area contributed by atoms with Gasteiger partial charge >= 0.3 is 0 Å². The lowest BCUT2D eigenvalue weighted by Crippen LogP contribution is -2.44. The Morgan fingerprint density at radius 3 is 2.34 bits per heavy atom. The predicted molar refractivity (Wildman–Crippen MR) is 121 cm³/mol. The van der Waals surface area contributed by atoms with E-state index in [0.717, 1.165) is 11.3 Å². The van der Waals surface area contributed by atoms with Crippen LogP contribution in [0.1, 0.15) is 24.3 Å². The molecule has 0 bridgehead atoms. The number of morpholine rings is 1. The van der Waals surface area contributed by atoms with Crippen molar-refractivity contribution in [2.75, 3.05) is 33.4 Å². The van der Waals surface area contributed by atoms with Crippen LogP contribution < -0.4 is 9.46 Å². The van der Waals surface area contributed by atoms with Gasteiger partial charge in [0.15, 0.2) is 0 Å². The lowest BCUT2D eigenvalue weighted by atomic mass is 9.88. The van der Waals surface area contributed by atoms with Gasteiger partial charge in [0.2, 0.25) is 15.9 Å². The van der Waals surface area contributed by atoms with E-state index in [-0.39, 0.29) is 28.7 Å². The minimum atomic E-state index is -3.72. The molecule has 0 aromatic heterocycles. The highest BCUT2D eigenvalue weighted by Gasteiger charge is 2.42. The Labute approximate surface area is 193 Å². The number of benzene rings is 2. The van der Waals surface area contributed by atoms with E-state index in [1.807, 2.05) is 29.2 Å². The number of halogens is 1. The highest BCUT2D eigenvalue weighted by atomic mass is 35.5. The van der Waals surface area contributed by atoms with Gasteiger partial charge < -0.3 is 14.4 Å². The zero-order valence-corrected chi connectivity index (χ0v) is 19.4. The monoisotopic (exact) mass is 478 g/mol. The minimum absolute atomic E-state index is 0.0577. The Morgan fingerprint density at radius 1 is 1.06 bits per heavy atom. The van der Waals surface area contributed by atoms with Crippen LogP contribution in [-0.2, 0) is 19.6 Å². The smallest absolute Gasteiger partial charge is 0.240 e. The maximum absolute atomic E-state index is 13.4. The Kier molecular flexibility index (Phi) is 7.05. The van der Waals surface area contributed by atoms with E-state index in [9.17, 15) is 13.2 Å². The van der Waals surface area contributed by atoms with Gasteiger partial charge in [0.1, 0.15) is 5.75 Å². The van der Waals surface area contributed by atoms with Crippen LogP contribution in [0.5, 0.6) is 5.75 Å². The summed E-state index contributed by atoms with van der Waals surface area (Å²) in [4.78, 5) is 15.4. The van der Waals surface area contributed by atoms with Crippen LogP contribution in [0.25, 0.3) is 0 Å². The molecule has 1 saturated carbocycles. The number of methoxy groups -OCH3 is 1. The van der Waals surface area contributed by atoms with Crippen molar-refractivity contribution in [2.24, 2.45) is 5.92 Å². The van der Waals surface area contributed by atoms with Gasteiger partial charge in [-0.1, -0.05) is 23.7 Å². The number of sulfonamides is 1. The summed E-state index contributed by atoms with van der Waals surface area (Å²) in [6, 6.07) is 13.4. The molecular formula is C23H27ClN2O5S. The first-order valence-corrected chi connectivity index (χ1v) is 12.5. The maximum Gasteiger partial charge on any atom is 0.240 e. The third-order valence-electron chi connectivity index (χ3n) is 6.19. The molecule has 2 fully saturated rings. The highest BCUT2D eigenvalue weighted by Crippen LogP contribution is 2.42. The Hall–Kier alpha value is -2.13. The number of nitrogens with one attached hydrogen (secondary N) is 1. The van der Waals surface area contributed by atoms with Gasteiger partial charge in [0.05, 0.1) is 25.2 Å². The summed E-state index contributed by atoms with van der Waals surface area (Å²) in [5.41, 5.74) is 1.01. The van der Waals surface area contributed by atoms with Gasteiger partial charge in [-0.25, -0.2) is 13.1 Å². The molecule has 1 heterocycles. The second kappa shape index (κ2) is 9.79. The van der Waals surface area contributed by atoms with Gasteiger partial charge in [-0.15, -0.1) is 0 Å². The number of amides is 1. The number of hydrogen-bond acceptors (Lipinski definition) is 5. The van der Waals surface area contributed by atoms with Crippen LogP contribution in [0.4, 0.5) is 0 Å². The van der Waals surface area contributed by atoms with Crippen LogP contribution in [0.2, 0.25) is 5.02 Å². The largest absolute Gasteiger partial charge is 0.497 e. The van der Waals surface area contributed by atoms with Crippen LogP contribution in [0.3, 0.4) is 0 Å². The molecule has 0 unspecified atom stereocenters. The number of nitrogens with zero attached hydrogens (tertiary/aromatic N) is 1. The van der Waals surface area contributed by atoms with Crippen molar-refractivity contribution in [3.8, 4) is 5.75 Å². The van der Waals surface area contributed by atoms with E-state index >= 15 is 0 Å². The van der Waals surface area contributed by atoms with Crippen LogP contribution >= 0.6 is 11.6 Å². The molecule has 2 aliphatic rings. The van der Waals surface area contributed by atoms with Crippen LogP contribution in [0, 0.1) is 5.92 Å². The molecule has 1 aliphatic heterocycles. The van der Waals surface area contributed by atoms with Gasteiger partial charge in [0, 0.05) is 30.1 Å². The first-order valence-electron chi connectivity index (χ1n) is 10.7. The van der Waals surface area contributed by atoms with E-state index < -0.39 is 10.0 Å². The first kappa shape index (κ1) is 23.0. The van der Waals surface area contributed by atoms with Crippen molar-refractivity contribution >= 4 is 27.5 Å². The van der Waals surface area contributed by atoms with Crippen molar-refractivity contribution in [1.29, 1.82) is 0 Å². The molecule has 1 saturated heterocycles. The summed E-state index contributed by atoms with van der Waals surface area (Å²) >= 11 is 5.89. The summed E-state index contributed by atoms with van der Waals surface area (Å²) in [5.74, 6) is 0.402. The minimum Gasteiger partial charge on any atom is -0.497 e. The Bertz CT molecular complexity index is 1040. The zero-order chi connectivity index (χ0) is 22.7. The highest BCUT2D eigenvalue weighted by molar-refractivity contribution is 7.89. The number of rotatable bonds is 6. The summed E-state index contributed by atoms with van der Waals surface area (Å²) in [6.45, 7) is 2.17. The lowest BCUT2D eigenvalue weighted by Gasteiger charge is -2.31. The zero-order valence-electron chi connectivity index (χ0n) is 17.9. The normalized spacial score (nSPS) is 23.8. The van der Waals surface area contributed by atoms with Gasteiger partial charge in [-0.2, -0.15) is 0 Å². The molecule has 32 heavy (non-hydrogen) atoms. The average Bonchev–Trinajstić information content (AvgIpc) is 3.22. The third-order valence-corrected chi connectivity index (χ3v) is 7.98. The summed E-state index contributed by atoms with van der Waals surface area (Å²) in [7, 11) is -2.12. The Morgan fingerprint density at radius 2 is 1.72 bits per heavy atom. The van der Waals surface area contributed by atoms with Crippen molar-refractivity contribution in [3.05, 3.63) is 59.1 Å². The van der Waals surface area contributed by atoms with Crippen LogP contribution in [0.15, 0.2) is 53.4 Å². The van der Waals surface area contributed by atoms with E-state index in [2.05, 4.69) is 4.72 Å². The summed E-state index contributed by atoms with van der Waals surface area (Å²) in [6.07, 6.45) is 0.986. The van der Waals surface area contributed by atoms with Crippen LogP contribution in [-0.4, -0.2) is 58.7 Å². The fourth-order valence-corrected chi connectivity index (χ4v) is 5.93. The molecular weight excluding hydrogens is 452 g/mol. The number of ether oxygens (including phenoxy) is 2. The molecule has 9 heteroatoms. The fraction of sp³-hybridized carbons (Fsp3) is 0.435. The van der Waals surface area contributed by atoms with E-state index in [1.54, 1.807) is 19.2 Å². The molecule has 0 spiro atoms. The fourth-order valence-electron chi connectivity index (χ4n) is 4.55. The molecule has 2 aromatic rings. The van der Waals surface area contributed by atoms with Gasteiger partial charge in [-0.3, -0.25) is 4.79 Å². The van der Waals surface area contributed by atoms with Crippen molar-refractivity contribution in [2.45, 2.75) is 29.7 Å². The maximum atomic E-state index is 13.4. The lowest BCUT2D eigenvalue weighted by molar-refractivity contribution is -0.140.